The molecule has 4 fully saturated rings. The maximum Gasteiger partial charge on any atom is 0.0577 e. The molecule has 4 rings (SSSR count). The third kappa shape index (κ3) is 3.11. The van der Waals surface area contributed by atoms with Crippen LogP contribution in [-0.4, -0.2) is 34.1 Å². The molecular weight excluding hydrogens is 336 g/mol. The highest BCUT2D eigenvalue weighted by Crippen LogP contribution is 2.68. The Kier molecular flexibility index (Phi) is 5.44. The molecule has 0 heterocycles. The highest BCUT2D eigenvalue weighted by molar-refractivity contribution is 5.11. The molecule has 3 nitrogen and oxygen atoms in total. The van der Waals surface area contributed by atoms with E-state index in [-0.39, 0.29) is 12.2 Å². The van der Waals surface area contributed by atoms with Crippen LogP contribution < -0.4 is 0 Å². The van der Waals surface area contributed by atoms with E-state index in [1.54, 1.807) is 0 Å². The van der Waals surface area contributed by atoms with Gasteiger partial charge in [0.15, 0.2) is 0 Å². The summed E-state index contributed by atoms with van der Waals surface area (Å²) in [6.45, 7) is 7.74. The molecule has 0 aromatic heterocycles. The zero-order valence-corrected chi connectivity index (χ0v) is 17.7. The van der Waals surface area contributed by atoms with Crippen molar-refractivity contribution in [2.75, 3.05) is 6.61 Å². The lowest BCUT2D eigenvalue weighted by Crippen LogP contribution is -2.58. The predicted molar refractivity (Wildman–Crippen MR) is 108 cm³/mol. The molecule has 0 aliphatic heterocycles. The standard InChI is InChI=1S/C24H42O3/c1-15(5-4-12-25)18-6-7-19-22-20(9-11-24(18,19)3)23(2)10-8-17(26)13-16(23)14-21(22)27/h15-22,25-27H,4-14H2,1-3H3/t15-,16+,17-,18-,19+,20+,21-,22+,23+,24-/m1/s1. The number of rotatable bonds is 4. The summed E-state index contributed by atoms with van der Waals surface area (Å²) in [6, 6.07) is 0. The molecule has 10 atom stereocenters. The molecule has 0 saturated heterocycles. The molecule has 0 spiro atoms. The second kappa shape index (κ2) is 7.29. The highest BCUT2D eigenvalue weighted by Gasteiger charge is 2.62. The number of hydrogen-bond donors (Lipinski definition) is 3. The Morgan fingerprint density at radius 1 is 0.926 bits per heavy atom. The van der Waals surface area contributed by atoms with Gasteiger partial charge in [0.05, 0.1) is 12.2 Å². The first kappa shape index (κ1) is 20.2. The number of aliphatic hydroxyl groups excluding tert-OH is 3. The Morgan fingerprint density at radius 2 is 1.63 bits per heavy atom. The van der Waals surface area contributed by atoms with E-state index in [1.807, 2.05) is 0 Å². The van der Waals surface area contributed by atoms with Gasteiger partial charge in [-0.3, -0.25) is 0 Å². The van der Waals surface area contributed by atoms with Crippen molar-refractivity contribution < 1.29 is 15.3 Å². The predicted octanol–water partition coefficient (Wildman–Crippen LogP) is 4.39. The van der Waals surface area contributed by atoms with Crippen LogP contribution in [0.3, 0.4) is 0 Å². The second-order valence-corrected chi connectivity index (χ2v) is 11.3. The molecule has 0 aromatic carbocycles. The first-order valence-corrected chi connectivity index (χ1v) is 11.8. The average Bonchev–Trinajstić information content (AvgIpc) is 2.98. The fourth-order valence-electron chi connectivity index (χ4n) is 8.79. The number of aliphatic hydroxyl groups is 3. The quantitative estimate of drug-likeness (QED) is 0.680. The normalized spacial score (nSPS) is 53.3. The summed E-state index contributed by atoms with van der Waals surface area (Å²) in [5, 5.41) is 30.7. The van der Waals surface area contributed by atoms with E-state index in [2.05, 4.69) is 20.8 Å². The van der Waals surface area contributed by atoms with Crippen molar-refractivity contribution in [3.8, 4) is 0 Å². The van der Waals surface area contributed by atoms with E-state index in [0.29, 0.717) is 47.0 Å². The highest BCUT2D eigenvalue weighted by atomic mass is 16.3. The minimum atomic E-state index is -0.172. The first-order chi connectivity index (χ1) is 12.8. The van der Waals surface area contributed by atoms with Crippen LogP contribution in [0.1, 0.15) is 85.0 Å². The summed E-state index contributed by atoms with van der Waals surface area (Å²) in [4.78, 5) is 0. The van der Waals surface area contributed by atoms with Crippen LogP contribution in [0.25, 0.3) is 0 Å². The lowest BCUT2D eigenvalue weighted by molar-refractivity contribution is -0.174. The van der Waals surface area contributed by atoms with Crippen LogP contribution in [0, 0.1) is 46.3 Å². The summed E-state index contributed by atoms with van der Waals surface area (Å²) in [5.74, 6) is 3.71. The van der Waals surface area contributed by atoms with Crippen LogP contribution >= 0.6 is 0 Å². The van der Waals surface area contributed by atoms with Gasteiger partial charge in [-0.05, 0) is 111 Å². The van der Waals surface area contributed by atoms with E-state index >= 15 is 0 Å². The van der Waals surface area contributed by atoms with Gasteiger partial charge in [-0.15, -0.1) is 0 Å². The third-order valence-corrected chi connectivity index (χ3v) is 10.2. The van der Waals surface area contributed by atoms with Crippen molar-refractivity contribution in [1.29, 1.82) is 0 Å². The molecule has 0 bridgehead atoms. The number of hydrogen-bond acceptors (Lipinski definition) is 3. The third-order valence-electron chi connectivity index (χ3n) is 10.2. The van der Waals surface area contributed by atoms with Crippen molar-refractivity contribution in [3.05, 3.63) is 0 Å². The van der Waals surface area contributed by atoms with Gasteiger partial charge in [-0.25, -0.2) is 0 Å². The topological polar surface area (TPSA) is 60.7 Å². The fraction of sp³-hybridized carbons (Fsp3) is 1.00. The fourth-order valence-corrected chi connectivity index (χ4v) is 8.79. The van der Waals surface area contributed by atoms with Gasteiger partial charge in [0.25, 0.3) is 0 Å². The molecule has 4 aliphatic rings. The van der Waals surface area contributed by atoms with E-state index < -0.39 is 0 Å². The van der Waals surface area contributed by atoms with Gasteiger partial charge in [-0.1, -0.05) is 20.8 Å². The van der Waals surface area contributed by atoms with Crippen molar-refractivity contribution in [2.45, 2.75) is 97.2 Å². The molecule has 4 aliphatic carbocycles. The Bertz CT molecular complexity index is 536. The van der Waals surface area contributed by atoms with E-state index in [4.69, 9.17) is 0 Å². The second-order valence-electron chi connectivity index (χ2n) is 11.3. The number of fused-ring (bicyclic) bond motifs is 5. The first-order valence-electron chi connectivity index (χ1n) is 11.8. The van der Waals surface area contributed by atoms with E-state index in [9.17, 15) is 15.3 Å². The lowest BCUT2D eigenvalue weighted by atomic mass is 9.43. The SMILES string of the molecule is C[C@H](CCCO)[C@H]1CC[C@H]2[C@@H]3[C@H](O)C[C@@H]4C[C@H](O)CC[C@]4(C)[C@H]3CC[C@]12C. The molecular formula is C24H42O3. The van der Waals surface area contributed by atoms with Crippen molar-refractivity contribution >= 4 is 0 Å². The van der Waals surface area contributed by atoms with Gasteiger partial charge in [0.1, 0.15) is 0 Å². The summed E-state index contributed by atoms with van der Waals surface area (Å²) >= 11 is 0. The van der Waals surface area contributed by atoms with Crippen LogP contribution in [0.15, 0.2) is 0 Å². The Labute approximate surface area is 165 Å². The molecule has 27 heavy (non-hydrogen) atoms. The Morgan fingerprint density at radius 3 is 2.37 bits per heavy atom. The van der Waals surface area contributed by atoms with Gasteiger partial charge >= 0.3 is 0 Å². The lowest BCUT2D eigenvalue weighted by Gasteiger charge is -2.62. The van der Waals surface area contributed by atoms with Crippen molar-refractivity contribution in [1.82, 2.24) is 0 Å². The van der Waals surface area contributed by atoms with Gasteiger partial charge in [0, 0.05) is 6.61 Å². The smallest absolute Gasteiger partial charge is 0.0577 e. The monoisotopic (exact) mass is 378 g/mol. The van der Waals surface area contributed by atoms with Crippen LogP contribution in [0.5, 0.6) is 0 Å². The molecule has 4 saturated carbocycles. The summed E-state index contributed by atoms with van der Waals surface area (Å²) in [5.41, 5.74) is 0.694. The molecule has 0 unspecified atom stereocenters. The van der Waals surface area contributed by atoms with Crippen molar-refractivity contribution in [3.63, 3.8) is 0 Å². The van der Waals surface area contributed by atoms with Crippen LogP contribution in [-0.2, 0) is 0 Å². The van der Waals surface area contributed by atoms with Gasteiger partial charge in [0.2, 0.25) is 0 Å². The molecule has 156 valence electrons. The van der Waals surface area contributed by atoms with E-state index in [1.165, 1.54) is 25.7 Å². The van der Waals surface area contributed by atoms with Gasteiger partial charge < -0.3 is 15.3 Å². The maximum absolute atomic E-state index is 11.3. The van der Waals surface area contributed by atoms with Crippen LogP contribution in [0.2, 0.25) is 0 Å². The molecule has 0 radical (unpaired) electrons. The van der Waals surface area contributed by atoms with Crippen molar-refractivity contribution in [2.24, 2.45) is 46.3 Å². The minimum absolute atomic E-state index is 0.149. The summed E-state index contributed by atoms with van der Waals surface area (Å²) in [6.07, 6.45) is 10.8. The average molecular weight is 379 g/mol. The summed E-state index contributed by atoms with van der Waals surface area (Å²) < 4.78 is 0. The molecule has 3 N–H and O–H groups in total. The zero-order chi connectivity index (χ0) is 19.4. The summed E-state index contributed by atoms with van der Waals surface area (Å²) in [7, 11) is 0. The zero-order valence-electron chi connectivity index (χ0n) is 17.7. The molecule has 0 aromatic rings. The van der Waals surface area contributed by atoms with E-state index in [0.717, 1.165) is 44.4 Å². The molecule has 0 amide bonds. The largest absolute Gasteiger partial charge is 0.396 e. The Hall–Kier alpha value is -0.120. The maximum atomic E-state index is 11.3. The minimum Gasteiger partial charge on any atom is -0.396 e. The van der Waals surface area contributed by atoms with Gasteiger partial charge in [-0.2, -0.15) is 0 Å². The molecule has 3 heteroatoms. The Balaban J connectivity index is 1.57. The van der Waals surface area contributed by atoms with Crippen LogP contribution in [0.4, 0.5) is 0 Å².